The Morgan fingerprint density at radius 3 is 2.30 bits per heavy atom. The van der Waals surface area contributed by atoms with Crippen LogP contribution in [0.3, 0.4) is 0 Å². The van der Waals surface area contributed by atoms with Gasteiger partial charge in [0.1, 0.15) is 0 Å². The molecule has 0 radical (unpaired) electrons. The molecule has 2 fully saturated rings. The van der Waals surface area contributed by atoms with Crippen LogP contribution in [0.15, 0.2) is 12.1 Å². The molecule has 2 heterocycles. The number of aryl methyl sites for hydroxylation is 1. The Hall–Kier alpha value is -0.380. The molecule has 112 valence electrons. The molecule has 1 saturated heterocycles. The number of hydrogen-bond donors (Lipinski definition) is 1. The van der Waals surface area contributed by atoms with E-state index in [0.717, 1.165) is 0 Å². The van der Waals surface area contributed by atoms with Crippen LogP contribution < -0.4 is 5.73 Å². The maximum atomic E-state index is 6.32. The Kier molecular flexibility index (Phi) is 4.21. The van der Waals surface area contributed by atoms with Crippen molar-refractivity contribution in [3.05, 3.63) is 21.9 Å². The van der Waals surface area contributed by atoms with Crippen molar-refractivity contribution in [2.75, 3.05) is 13.1 Å². The molecule has 0 amide bonds. The minimum atomic E-state index is 0.214. The van der Waals surface area contributed by atoms with Gasteiger partial charge >= 0.3 is 0 Å². The Morgan fingerprint density at radius 1 is 1.15 bits per heavy atom. The van der Waals surface area contributed by atoms with E-state index < -0.39 is 0 Å². The normalized spacial score (nSPS) is 25.9. The monoisotopic (exact) mass is 292 g/mol. The van der Waals surface area contributed by atoms with Crippen LogP contribution in [-0.2, 0) is 0 Å². The lowest BCUT2D eigenvalue weighted by atomic mass is 9.76. The van der Waals surface area contributed by atoms with Gasteiger partial charge in [0.25, 0.3) is 0 Å². The number of nitrogens with two attached hydrogens (primary N) is 1. The Balaban J connectivity index is 1.70. The van der Waals surface area contributed by atoms with E-state index in [1.807, 2.05) is 11.3 Å². The van der Waals surface area contributed by atoms with Gasteiger partial charge in [0.05, 0.1) is 6.04 Å². The van der Waals surface area contributed by atoms with Crippen molar-refractivity contribution in [3.63, 3.8) is 0 Å². The standard InChI is InChI=1S/C17H28N2S/c1-13-5-6-15(20-13)16(14(2)18)19-11-9-17(10-12-19)7-3-4-8-17/h5-6,14,16H,3-4,7-12,18H2,1-2H3. The maximum Gasteiger partial charge on any atom is 0.0590 e. The summed E-state index contributed by atoms with van der Waals surface area (Å²) in [7, 11) is 0. The summed E-state index contributed by atoms with van der Waals surface area (Å²) in [6.07, 6.45) is 8.65. The molecule has 0 aromatic carbocycles. The zero-order chi connectivity index (χ0) is 14.2. The topological polar surface area (TPSA) is 29.3 Å². The first-order valence-electron chi connectivity index (χ1n) is 8.16. The Morgan fingerprint density at radius 2 is 1.80 bits per heavy atom. The third-order valence-corrected chi connectivity index (χ3v) is 6.54. The van der Waals surface area contributed by atoms with E-state index in [9.17, 15) is 0 Å². The number of piperidine rings is 1. The molecular formula is C17H28N2S. The molecule has 1 aromatic heterocycles. The molecule has 2 atom stereocenters. The Labute approximate surface area is 127 Å². The molecule has 0 bridgehead atoms. The van der Waals surface area contributed by atoms with Crippen LogP contribution in [-0.4, -0.2) is 24.0 Å². The molecule has 1 aliphatic heterocycles. The van der Waals surface area contributed by atoms with Crippen molar-refractivity contribution in [3.8, 4) is 0 Å². The zero-order valence-corrected chi connectivity index (χ0v) is 13.7. The highest BCUT2D eigenvalue weighted by molar-refractivity contribution is 7.12. The van der Waals surface area contributed by atoms with Crippen molar-refractivity contribution in [2.24, 2.45) is 11.1 Å². The molecule has 20 heavy (non-hydrogen) atoms. The second-order valence-corrected chi connectivity index (χ2v) is 8.31. The summed E-state index contributed by atoms with van der Waals surface area (Å²) in [4.78, 5) is 5.51. The van der Waals surface area contributed by atoms with Gasteiger partial charge in [0, 0.05) is 15.8 Å². The average molecular weight is 292 g/mol. The van der Waals surface area contributed by atoms with Crippen molar-refractivity contribution in [1.82, 2.24) is 4.90 Å². The number of likely N-dealkylation sites (tertiary alicyclic amines) is 1. The van der Waals surface area contributed by atoms with Crippen molar-refractivity contribution >= 4 is 11.3 Å². The highest BCUT2D eigenvalue weighted by atomic mass is 32.1. The van der Waals surface area contributed by atoms with Gasteiger partial charge in [-0.2, -0.15) is 0 Å². The van der Waals surface area contributed by atoms with Crippen molar-refractivity contribution in [2.45, 2.75) is 64.5 Å². The first kappa shape index (κ1) is 14.6. The Bertz CT molecular complexity index is 436. The predicted molar refractivity (Wildman–Crippen MR) is 87.2 cm³/mol. The fraction of sp³-hybridized carbons (Fsp3) is 0.765. The average Bonchev–Trinajstić information content (AvgIpc) is 3.02. The molecule has 2 N–H and O–H groups in total. The molecular weight excluding hydrogens is 264 g/mol. The van der Waals surface area contributed by atoms with Gasteiger partial charge in [-0.3, -0.25) is 4.90 Å². The SMILES string of the molecule is Cc1ccc(C(C(C)N)N2CCC3(CCCC3)CC2)s1. The molecule has 2 unspecified atom stereocenters. The third-order valence-electron chi connectivity index (χ3n) is 5.47. The van der Waals surface area contributed by atoms with E-state index in [0.29, 0.717) is 11.5 Å². The number of hydrogen-bond acceptors (Lipinski definition) is 3. The van der Waals surface area contributed by atoms with Crippen LogP contribution in [0.5, 0.6) is 0 Å². The molecule has 1 aromatic rings. The van der Waals surface area contributed by atoms with Crippen molar-refractivity contribution < 1.29 is 0 Å². The van der Waals surface area contributed by atoms with E-state index in [4.69, 9.17) is 5.73 Å². The lowest BCUT2D eigenvalue weighted by molar-refractivity contribution is 0.0690. The van der Waals surface area contributed by atoms with E-state index in [-0.39, 0.29) is 6.04 Å². The molecule has 1 spiro atoms. The van der Waals surface area contributed by atoms with Gasteiger partial charge in [-0.15, -0.1) is 11.3 Å². The summed E-state index contributed by atoms with van der Waals surface area (Å²) in [5.74, 6) is 0. The van der Waals surface area contributed by atoms with Gasteiger partial charge in [0.2, 0.25) is 0 Å². The molecule has 2 aliphatic rings. The molecule has 1 aliphatic carbocycles. The molecule has 2 nitrogen and oxygen atoms in total. The van der Waals surface area contributed by atoms with Crippen LogP contribution in [0.4, 0.5) is 0 Å². The smallest absolute Gasteiger partial charge is 0.0590 e. The highest BCUT2D eigenvalue weighted by Crippen LogP contribution is 2.47. The number of rotatable bonds is 3. The third kappa shape index (κ3) is 2.81. The van der Waals surface area contributed by atoms with E-state index in [2.05, 4.69) is 30.9 Å². The van der Waals surface area contributed by atoms with Crippen molar-refractivity contribution in [1.29, 1.82) is 0 Å². The van der Waals surface area contributed by atoms with Crippen LogP contribution in [0, 0.1) is 12.3 Å². The zero-order valence-electron chi connectivity index (χ0n) is 12.9. The van der Waals surface area contributed by atoms with Crippen LogP contribution >= 0.6 is 11.3 Å². The summed E-state index contributed by atoms with van der Waals surface area (Å²) < 4.78 is 0. The second-order valence-electron chi connectivity index (χ2n) is 7.00. The van der Waals surface area contributed by atoms with E-state index in [1.54, 1.807) is 0 Å². The fourth-order valence-electron chi connectivity index (χ4n) is 4.29. The summed E-state index contributed by atoms with van der Waals surface area (Å²) in [5.41, 5.74) is 7.02. The summed E-state index contributed by atoms with van der Waals surface area (Å²) in [6.45, 7) is 6.84. The van der Waals surface area contributed by atoms with Gasteiger partial charge in [-0.05, 0) is 70.2 Å². The van der Waals surface area contributed by atoms with Gasteiger partial charge in [-0.25, -0.2) is 0 Å². The van der Waals surface area contributed by atoms with Gasteiger partial charge in [-0.1, -0.05) is 12.8 Å². The van der Waals surface area contributed by atoms with Gasteiger partial charge in [0.15, 0.2) is 0 Å². The van der Waals surface area contributed by atoms with Crippen LogP contribution in [0.1, 0.15) is 61.2 Å². The van der Waals surface area contributed by atoms with E-state index in [1.165, 1.54) is 61.4 Å². The molecule has 3 rings (SSSR count). The lowest BCUT2D eigenvalue weighted by Crippen LogP contribution is -2.45. The lowest BCUT2D eigenvalue weighted by Gasteiger charge is -2.43. The number of thiophene rings is 1. The predicted octanol–water partition coefficient (Wildman–Crippen LogP) is 4.10. The largest absolute Gasteiger partial charge is 0.326 e. The second kappa shape index (κ2) is 5.78. The quantitative estimate of drug-likeness (QED) is 0.908. The first-order chi connectivity index (χ1) is 9.60. The minimum absolute atomic E-state index is 0.214. The van der Waals surface area contributed by atoms with Crippen LogP contribution in [0.25, 0.3) is 0 Å². The maximum absolute atomic E-state index is 6.32. The first-order valence-corrected chi connectivity index (χ1v) is 8.97. The van der Waals surface area contributed by atoms with E-state index >= 15 is 0 Å². The summed E-state index contributed by atoms with van der Waals surface area (Å²) >= 11 is 1.92. The minimum Gasteiger partial charge on any atom is -0.326 e. The highest BCUT2D eigenvalue weighted by Gasteiger charge is 2.39. The van der Waals surface area contributed by atoms with Crippen LogP contribution in [0.2, 0.25) is 0 Å². The number of nitrogens with zero attached hydrogens (tertiary/aromatic N) is 1. The molecule has 3 heteroatoms. The van der Waals surface area contributed by atoms with Gasteiger partial charge < -0.3 is 5.73 Å². The fourth-order valence-corrected chi connectivity index (χ4v) is 5.41. The molecule has 1 saturated carbocycles. The summed E-state index contributed by atoms with van der Waals surface area (Å²) in [6, 6.07) is 5.16. The summed E-state index contributed by atoms with van der Waals surface area (Å²) in [5, 5.41) is 0.